The summed E-state index contributed by atoms with van der Waals surface area (Å²) in [5.74, 6) is 1.36. The Balaban J connectivity index is 2.56. The summed E-state index contributed by atoms with van der Waals surface area (Å²) in [6, 6.07) is 9.81. The van der Waals surface area contributed by atoms with Crippen LogP contribution in [0.2, 0.25) is 0 Å². The largest absolute Gasteiger partial charge is 0.493 e. The minimum atomic E-state index is -0.222. The standard InChI is InChI=1S/C17H20BrNO2/c1-10-6-5-7-11(2)16(10)17(19)12-8-14(20-3)15(21-4)9-13(12)18/h5-9,17H,19H2,1-4H3. The maximum absolute atomic E-state index is 6.51. The molecule has 0 aliphatic heterocycles. The Morgan fingerprint density at radius 2 is 1.52 bits per heavy atom. The van der Waals surface area contributed by atoms with Gasteiger partial charge in [0.25, 0.3) is 0 Å². The van der Waals surface area contributed by atoms with E-state index in [0.717, 1.165) is 15.6 Å². The topological polar surface area (TPSA) is 44.5 Å². The molecule has 0 aliphatic rings. The fraction of sp³-hybridized carbons (Fsp3) is 0.294. The zero-order chi connectivity index (χ0) is 15.6. The molecule has 0 radical (unpaired) electrons. The van der Waals surface area contributed by atoms with Crippen LogP contribution in [0.15, 0.2) is 34.8 Å². The van der Waals surface area contributed by atoms with Gasteiger partial charge in [-0.1, -0.05) is 34.1 Å². The van der Waals surface area contributed by atoms with Crippen LogP contribution in [-0.4, -0.2) is 14.2 Å². The third-order valence-corrected chi connectivity index (χ3v) is 4.38. The van der Waals surface area contributed by atoms with Gasteiger partial charge in [-0.15, -0.1) is 0 Å². The lowest BCUT2D eigenvalue weighted by atomic mass is 9.92. The number of rotatable bonds is 4. The van der Waals surface area contributed by atoms with Gasteiger partial charge in [-0.2, -0.15) is 0 Å². The first-order valence-corrected chi connectivity index (χ1v) is 7.52. The lowest BCUT2D eigenvalue weighted by Crippen LogP contribution is -2.15. The van der Waals surface area contributed by atoms with Gasteiger partial charge in [0.2, 0.25) is 0 Å². The molecule has 4 heteroatoms. The molecule has 0 heterocycles. The monoisotopic (exact) mass is 349 g/mol. The second kappa shape index (κ2) is 6.50. The fourth-order valence-corrected chi connectivity index (χ4v) is 3.15. The van der Waals surface area contributed by atoms with E-state index in [4.69, 9.17) is 15.2 Å². The van der Waals surface area contributed by atoms with Crippen molar-refractivity contribution in [2.45, 2.75) is 19.9 Å². The first kappa shape index (κ1) is 15.9. The van der Waals surface area contributed by atoms with Crippen molar-refractivity contribution in [1.82, 2.24) is 0 Å². The Morgan fingerprint density at radius 1 is 1.00 bits per heavy atom. The third-order valence-electron chi connectivity index (χ3n) is 3.69. The van der Waals surface area contributed by atoms with E-state index in [1.807, 2.05) is 18.2 Å². The molecule has 1 atom stereocenters. The first-order valence-electron chi connectivity index (χ1n) is 6.72. The molecule has 0 fully saturated rings. The summed E-state index contributed by atoms with van der Waals surface area (Å²) in [4.78, 5) is 0. The third kappa shape index (κ3) is 3.06. The van der Waals surface area contributed by atoms with Crippen molar-refractivity contribution in [3.05, 3.63) is 57.1 Å². The predicted octanol–water partition coefficient (Wildman–Crippen LogP) is 4.13. The Bertz CT molecular complexity index is 635. The number of ether oxygens (including phenoxy) is 2. The molecule has 2 rings (SSSR count). The average molecular weight is 350 g/mol. The van der Waals surface area contributed by atoms with Crippen LogP contribution in [0.1, 0.15) is 28.3 Å². The average Bonchev–Trinajstić information content (AvgIpc) is 2.46. The molecular formula is C17H20BrNO2. The van der Waals surface area contributed by atoms with E-state index in [0.29, 0.717) is 11.5 Å². The van der Waals surface area contributed by atoms with Crippen LogP contribution in [-0.2, 0) is 0 Å². The van der Waals surface area contributed by atoms with Gasteiger partial charge in [0.1, 0.15) is 0 Å². The molecule has 0 amide bonds. The van der Waals surface area contributed by atoms with Gasteiger partial charge in [-0.3, -0.25) is 0 Å². The van der Waals surface area contributed by atoms with Crippen molar-refractivity contribution in [3.8, 4) is 11.5 Å². The Hall–Kier alpha value is -1.52. The Labute approximate surface area is 134 Å². The van der Waals surface area contributed by atoms with E-state index >= 15 is 0 Å². The molecule has 21 heavy (non-hydrogen) atoms. The van der Waals surface area contributed by atoms with Gasteiger partial charge < -0.3 is 15.2 Å². The lowest BCUT2D eigenvalue weighted by Gasteiger charge is -2.20. The van der Waals surface area contributed by atoms with Gasteiger partial charge in [-0.05, 0) is 48.2 Å². The van der Waals surface area contributed by atoms with Gasteiger partial charge in [-0.25, -0.2) is 0 Å². The second-order valence-corrected chi connectivity index (χ2v) is 5.87. The zero-order valence-electron chi connectivity index (χ0n) is 12.7. The number of hydrogen-bond donors (Lipinski definition) is 1. The van der Waals surface area contributed by atoms with E-state index in [2.05, 4.69) is 41.9 Å². The molecule has 0 saturated carbocycles. The van der Waals surface area contributed by atoms with E-state index in [9.17, 15) is 0 Å². The molecule has 2 aromatic carbocycles. The number of aryl methyl sites for hydroxylation is 2. The number of methoxy groups -OCH3 is 2. The highest BCUT2D eigenvalue weighted by Crippen LogP contribution is 2.38. The van der Waals surface area contributed by atoms with E-state index in [1.165, 1.54) is 11.1 Å². The number of benzene rings is 2. The highest BCUT2D eigenvalue weighted by Gasteiger charge is 2.19. The fourth-order valence-electron chi connectivity index (χ4n) is 2.58. The van der Waals surface area contributed by atoms with Crippen LogP contribution in [0.3, 0.4) is 0 Å². The summed E-state index contributed by atoms with van der Waals surface area (Å²) in [6.07, 6.45) is 0. The number of nitrogens with two attached hydrogens (primary N) is 1. The molecule has 0 saturated heterocycles. The summed E-state index contributed by atoms with van der Waals surface area (Å²) in [5, 5.41) is 0. The van der Waals surface area contributed by atoms with Crippen LogP contribution < -0.4 is 15.2 Å². The van der Waals surface area contributed by atoms with Gasteiger partial charge in [0.15, 0.2) is 11.5 Å². The Morgan fingerprint density at radius 3 is 2.05 bits per heavy atom. The first-order chi connectivity index (χ1) is 9.99. The lowest BCUT2D eigenvalue weighted by molar-refractivity contribution is 0.354. The summed E-state index contributed by atoms with van der Waals surface area (Å²) in [5.41, 5.74) is 11.0. The van der Waals surface area contributed by atoms with Gasteiger partial charge >= 0.3 is 0 Å². The van der Waals surface area contributed by atoms with Gasteiger partial charge in [0.05, 0.1) is 20.3 Å². The van der Waals surface area contributed by atoms with E-state index < -0.39 is 0 Å². The second-order valence-electron chi connectivity index (χ2n) is 5.01. The maximum atomic E-state index is 6.51. The molecule has 2 aromatic rings. The number of hydrogen-bond acceptors (Lipinski definition) is 3. The molecule has 0 bridgehead atoms. The maximum Gasteiger partial charge on any atom is 0.161 e. The molecule has 3 nitrogen and oxygen atoms in total. The van der Waals surface area contributed by atoms with Crippen molar-refractivity contribution in [3.63, 3.8) is 0 Å². The van der Waals surface area contributed by atoms with E-state index in [-0.39, 0.29) is 6.04 Å². The normalized spacial score (nSPS) is 12.1. The summed E-state index contributed by atoms with van der Waals surface area (Å²) in [7, 11) is 3.25. The van der Waals surface area contributed by atoms with Crippen molar-refractivity contribution >= 4 is 15.9 Å². The highest BCUT2D eigenvalue weighted by atomic mass is 79.9. The molecule has 1 unspecified atom stereocenters. The van der Waals surface area contributed by atoms with Crippen molar-refractivity contribution in [2.24, 2.45) is 5.73 Å². The quantitative estimate of drug-likeness (QED) is 0.902. The Kier molecular flexibility index (Phi) is 4.91. The molecule has 112 valence electrons. The van der Waals surface area contributed by atoms with Crippen molar-refractivity contribution in [1.29, 1.82) is 0 Å². The SMILES string of the molecule is COc1cc(Br)c(C(N)c2c(C)cccc2C)cc1OC. The highest BCUT2D eigenvalue weighted by molar-refractivity contribution is 9.10. The summed E-state index contributed by atoms with van der Waals surface area (Å²) < 4.78 is 11.6. The minimum absolute atomic E-state index is 0.222. The van der Waals surface area contributed by atoms with Gasteiger partial charge in [0, 0.05) is 4.47 Å². The van der Waals surface area contributed by atoms with Crippen LogP contribution in [0.5, 0.6) is 11.5 Å². The molecule has 0 aliphatic carbocycles. The van der Waals surface area contributed by atoms with Crippen molar-refractivity contribution < 1.29 is 9.47 Å². The predicted molar refractivity (Wildman–Crippen MR) is 89.2 cm³/mol. The summed E-state index contributed by atoms with van der Waals surface area (Å²) >= 11 is 3.58. The molecule has 0 aromatic heterocycles. The molecule has 0 spiro atoms. The van der Waals surface area contributed by atoms with Crippen LogP contribution in [0.4, 0.5) is 0 Å². The van der Waals surface area contributed by atoms with E-state index in [1.54, 1.807) is 14.2 Å². The molecule has 2 N–H and O–H groups in total. The molecular weight excluding hydrogens is 330 g/mol. The smallest absolute Gasteiger partial charge is 0.161 e. The minimum Gasteiger partial charge on any atom is -0.493 e. The zero-order valence-corrected chi connectivity index (χ0v) is 14.3. The summed E-state index contributed by atoms with van der Waals surface area (Å²) in [6.45, 7) is 4.16. The van der Waals surface area contributed by atoms with Crippen molar-refractivity contribution in [2.75, 3.05) is 14.2 Å². The number of halogens is 1. The van der Waals surface area contributed by atoms with Crippen LogP contribution in [0.25, 0.3) is 0 Å². The van der Waals surface area contributed by atoms with Crippen LogP contribution in [0, 0.1) is 13.8 Å². The van der Waals surface area contributed by atoms with Crippen LogP contribution >= 0.6 is 15.9 Å².